The Morgan fingerprint density at radius 3 is 2.72 bits per heavy atom. The predicted molar refractivity (Wildman–Crippen MR) is 123 cm³/mol. The number of nitrogens with zero attached hydrogens (tertiary/aromatic N) is 4. The van der Waals surface area contributed by atoms with Gasteiger partial charge >= 0.3 is 0 Å². The van der Waals surface area contributed by atoms with Gasteiger partial charge in [-0.1, -0.05) is 12.1 Å². The van der Waals surface area contributed by atoms with E-state index in [-0.39, 0.29) is 5.82 Å². The van der Waals surface area contributed by atoms with Crippen LogP contribution < -0.4 is 4.74 Å². The molecular formula is C26H31FN4O. The Morgan fingerprint density at radius 1 is 1.06 bits per heavy atom. The predicted octanol–water partition coefficient (Wildman–Crippen LogP) is 4.76. The zero-order valence-corrected chi connectivity index (χ0v) is 18.9. The molecule has 1 saturated heterocycles. The second kappa shape index (κ2) is 9.02. The number of ether oxygens (including phenoxy) is 1. The molecule has 32 heavy (non-hydrogen) atoms. The van der Waals surface area contributed by atoms with Crippen LogP contribution in [0.1, 0.15) is 48.6 Å². The van der Waals surface area contributed by atoms with Crippen LogP contribution in [0.15, 0.2) is 42.5 Å². The molecule has 6 heteroatoms. The SMILES string of the molecule is COc1ccc(-c2nnc(CCCCN3CCC4c5c(F)cccc5CCC43)n2C)cc1. The summed E-state index contributed by atoms with van der Waals surface area (Å²) in [5.41, 5.74) is 3.26. The molecular weight excluding hydrogens is 403 g/mol. The molecule has 0 amide bonds. The van der Waals surface area contributed by atoms with Crippen LogP contribution in [0.2, 0.25) is 0 Å². The molecule has 0 N–H and O–H groups in total. The van der Waals surface area contributed by atoms with Gasteiger partial charge in [0.25, 0.3) is 0 Å². The lowest BCUT2D eigenvalue weighted by Gasteiger charge is -2.33. The van der Waals surface area contributed by atoms with E-state index in [9.17, 15) is 4.39 Å². The van der Waals surface area contributed by atoms with Crippen LogP contribution in [0.5, 0.6) is 5.75 Å². The maximum Gasteiger partial charge on any atom is 0.163 e. The van der Waals surface area contributed by atoms with Crippen LogP contribution in [-0.4, -0.2) is 45.9 Å². The molecule has 2 heterocycles. The lowest BCUT2D eigenvalue weighted by atomic mass is 9.79. The van der Waals surface area contributed by atoms with E-state index in [1.54, 1.807) is 13.2 Å². The Hall–Kier alpha value is -2.73. The van der Waals surface area contributed by atoms with Gasteiger partial charge in [0.2, 0.25) is 0 Å². The fourth-order valence-corrected chi connectivity index (χ4v) is 5.60. The highest BCUT2D eigenvalue weighted by Crippen LogP contribution is 2.42. The van der Waals surface area contributed by atoms with Crippen molar-refractivity contribution in [3.8, 4) is 17.1 Å². The van der Waals surface area contributed by atoms with E-state index in [1.165, 1.54) is 5.56 Å². The van der Waals surface area contributed by atoms with Crippen molar-refractivity contribution in [3.63, 3.8) is 0 Å². The molecule has 168 valence electrons. The molecule has 1 aromatic heterocycles. The summed E-state index contributed by atoms with van der Waals surface area (Å²) in [6.07, 6.45) is 6.34. The van der Waals surface area contributed by atoms with Crippen LogP contribution in [0.4, 0.5) is 4.39 Å². The highest BCUT2D eigenvalue weighted by molar-refractivity contribution is 5.56. The topological polar surface area (TPSA) is 43.2 Å². The maximum atomic E-state index is 14.5. The second-order valence-electron chi connectivity index (χ2n) is 9.03. The molecule has 0 spiro atoms. The zero-order chi connectivity index (χ0) is 22.1. The van der Waals surface area contributed by atoms with Crippen LogP contribution in [0.25, 0.3) is 11.4 Å². The van der Waals surface area contributed by atoms with Gasteiger partial charge in [-0.3, -0.25) is 4.90 Å². The Morgan fingerprint density at radius 2 is 1.91 bits per heavy atom. The van der Waals surface area contributed by atoms with Crippen molar-refractivity contribution >= 4 is 0 Å². The smallest absolute Gasteiger partial charge is 0.163 e. The third-order valence-corrected chi connectivity index (χ3v) is 7.29. The number of hydrogen-bond donors (Lipinski definition) is 0. The highest BCUT2D eigenvalue weighted by atomic mass is 19.1. The summed E-state index contributed by atoms with van der Waals surface area (Å²) in [6.45, 7) is 2.16. The molecule has 1 fully saturated rings. The monoisotopic (exact) mass is 434 g/mol. The van der Waals surface area contributed by atoms with Gasteiger partial charge in [-0.05, 0) is 86.7 Å². The first-order valence-electron chi connectivity index (χ1n) is 11.7. The molecule has 0 bridgehead atoms. The Labute approximate surface area is 189 Å². The van der Waals surface area contributed by atoms with E-state index in [0.717, 1.165) is 80.1 Å². The first-order chi connectivity index (χ1) is 15.7. The Balaban J connectivity index is 1.16. The van der Waals surface area contributed by atoms with E-state index in [1.807, 2.05) is 37.4 Å². The Bertz CT molecular complexity index is 1080. The standard InChI is InChI=1S/C26H31FN4O/c1-30-24(28-29-26(30)19-9-12-20(32-2)13-10-19)8-3-4-16-31-17-15-21-23(31)14-11-18-6-5-7-22(27)25(18)21/h5-7,9-10,12-13,21,23H,3-4,8,11,14-17H2,1-2H3. The minimum Gasteiger partial charge on any atom is -0.497 e. The van der Waals surface area contributed by atoms with Gasteiger partial charge in [0.15, 0.2) is 5.82 Å². The van der Waals surface area contributed by atoms with E-state index in [0.29, 0.717) is 12.0 Å². The molecule has 0 saturated carbocycles. The quantitative estimate of drug-likeness (QED) is 0.503. The number of aryl methyl sites for hydroxylation is 2. The van der Waals surface area contributed by atoms with Crippen molar-refractivity contribution in [2.24, 2.45) is 7.05 Å². The summed E-state index contributed by atoms with van der Waals surface area (Å²) in [6, 6.07) is 14.0. The van der Waals surface area contributed by atoms with Crippen LogP contribution >= 0.6 is 0 Å². The summed E-state index contributed by atoms with van der Waals surface area (Å²) < 4.78 is 21.8. The fraction of sp³-hybridized carbons (Fsp3) is 0.462. The molecule has 2 aliphatic rings. The molecule has 5 nitrogen and oxygen atoms in total. The summed E-state index contributed by atoms with van der Waals surface area (Å²) in [5.74, 6) is 3.10. The van der Waals surface area contributed by atoms with Gasteiger partial charge in [0.05, 0.1) is 7.11 Å². The lowest BCUT2D eigenvalue weighted by molar-refractivity contribution is 0.221. The molecule has 2 atom stereocenters. The summed E-state index contributed by atoms with van der Waals surface area (Å²) in [5, 5.41) is 8.84. The van der Waals surface area contributed by atoms with Crippen LogP contribution in [0, 0.1) is 5.82 Å². The summed E-state index contributed by atoms with van der Waals surface area (Å²) in [4.78, 5) is 2.60. The van der Waals surface area contributed by atoms with Crippen molar-refractivity contribution in [1.29, 1.82) is 0 Å². The second-order valence-corrected chi connectivity index (χ2v) is 9.03. The minimum atomic E-state index is -0.00556. The number of hydrogen-bond acceptors (Lipinski definition) is 4. The number of benzene rings is 2. The maximum absolute atomic E-state index is 14.5. The molecule has 0 radical (unpaired) electrons. The average molecular weight is 435 g/mol. The highest BCUT2D eigenvalue weighted by Gasteiger charge is 2.39. The first kappa shape index (κ1) is 21.1. The number of fused-ring (bicyclic) bond motifs is 3. The van der Waals surface area contributed by atoms with Crippen molar-refractivity contribution in [1.82, 2.24) is 19.7 Å². The lowest BCUT2D eigenvalue weighted by Crippen LogP contribution is -2.36. The van der Waals surface area contributed by atoms with Crippen molar-refractivity contribution in [2.75, 3.05) is 20.2 Å². The molecule has 2 aromatic carbocycles. The third kappa shape index (κ3) is 3.92. The van der Waals surface area contributed by atoms with Gasteiger partial charge in [-0.2, -0.15) is 0 Å². The number of aromatic nitrogens is 3. The van der Waals surface area contributed by atoms with E-state index >= 15 is 0 Å². The van der Waals surface area contributed by atoms with E-state index < -0.39 is 0 Å². The summed E-state index contributed by atoms with van der Waals surface area (Å²) in [7, 11) is 3.71. The molecule has 5 rings (SSSR count). The van der Waals surface area contributed by atoms with Gasteiger partial charge < -0.3 is 9.30 Å². The normalized spacial score (nSPS) is 20.2. The van der Waals surface area contributed by atoms with Gasteiger partial charge in [-0.25, -0.2) is 4.39 Å². The van der Waals surface area contributed by atoms with Crippen molar-refractivity contribution in [2.45, 2.75) is 50.5 Å². The number of methoxy groups -OCH3 is 1. The third-order valence-electron chi connectivity index (χ3n) is 7.29. The molecule has 1 aliphatic carbocycles. The van der Waals surface area contributed by atoms with Gasteiger partial charge in [0, 0.05) is 31.0 Å². The fourth-order valence-electron chi connectivity index (χ4n) is 5.60. The first-order valence-corrected chi connectivity index (χ1v) is 11.7. The van der Waals surface area contributed by atoms with Crippen molar-refractivity contribution < 1.29 is 9.13 Å². The van der Waals surface area contributed by atoms with Crippen LogP contribution in [-0.2, 0) is 19.9 Å². The molecule has 3 aromatic rings. The Kier molecular flexibility index (Phi) is 5.96. The largest absolute Gasteiger partial charge is 0.497 e. The number of likely N-dealkylation sites (tertiary alicyclic amines) is 1. The van der Waals surface area contributed by atoms with Crippen LogP contribution in [0.3, 0.4) is 0 Å². The van der Waals surface area contributed by atoms with E-state index in [2.05, 4.69) is 25.7 Å². The zero-order valence-electron chi connectivity index (χ0n) is 18.9. The van der Waals surface area contributed by atoms with Gasteiger partial charge in [0.1, 0.15) is 17.4 Å². The number of rotatable bonds is 7. The minimum absolute atomic E-state index is 0.00556. The number of halogens is 1. The van der Waals surface area contributed by atoms with E-state index in [4.69, 9.17) is 4.74 Å². The average Bonchev–Trinajstić information content (AvgIpc) is 3.40. The molecule has 1 aliphatic heterocycles. The van der Waals surface area contributed by atoms with Gasteiger partial charge in [-0.15, -0.1) is 10.2 Å². The van der Waals surface area contributed by atoms with Crippen molar-refractivity contribution in [3.05, 3.63) is 65.2 Å². The summed E-state index contributed by atoms with van der Waals surface area (Å²) >= 11 is 0. The number of unbranched alkanes of at least 4 members (excludes halogenated alkanes) is 1. The molecule has 2 unspecified atom stereocenters.